The van der Waals surface area contributed by atoms with Gasteiger partial charge in [-0.05, 0) is 18.2 Å². The minimum atomic E-state index is -0.428. The van der Waals surface area contributed by atoms with E-state index >= 15 is 0 Å². The molecular formula is C17H13N7O3. The summed E-state index contributed by atoms with van der Waals surface area (Å²) in [5.41, 5.74) is 1.61. The van der Waals surface area contributed by atoms with E-state index in [0.29, 0.717) is 16.8 Å². The maximum absolute atomic E-state index is 12.0. The Morgan fingerprint density at radius 3 is 2.85 bits per heavy atom. The van der Waals surface area contributed by atoms with Gasteiger partial charge in [0, 0.05) is 30.2 Å². The minimum Gasteiger partial charge on any atom is -0.328 e. The Labute approximate surface area is 152 Å². The van der Waals surface area contributed by atoms with Crippen molar-refractivity contribution in [2.24, 2.45) is 0 Å². The van der Waals surface area contributed by atoms with Crippen molar-refractivity contribution >= 4 is 23.2 Å². The third-order valence-corrected chi connectivity index (χ3v) is 3.88. The number of aromatic nitrogens is 5. The number of nitrogens with one attached hydrogen (secondary N) is 1. The summed E-state index contributed by atoms with van der Waals surface area (Å²) in [6, 6.07) is 9.87. The van der Waals surface area contributed by atoms with E-state index in [1.54, 1.807) is 53.5 Å². The Kier molecular flexibility index (Phi) is 4.05. The molecule has 0 unspecified atom stereocenters. The average Bonchev–Trinajstić information content (AvgIpc) is 3.29. The van der Waals surface area contributed by atoms with E-state index in [1.165, 1.54) is 16.9 Å². The zero-order valence-corrected chi connectivity index (χ0v) is 13.9. The average molecular weight is 363 g/mol. The van der Waals surface area contributed by atoms with E-state index < -0.39 is 4.92 Å². The third kappa shape index (κ3) is 3.35. The second-order valence-corrected chi connectivity index (χ2v) is 5.71. The van der Waals surface area contributed by atoms with Crippen LogP contribution in [0.2, 0.25) is 0 Å². The largest absolute Gasteiger partial charge is 0.328 e. The van der Waals surface area contributed by atoms with Gasteiger partial charge in [0.15, 0.2) is 5.65 Å². The lowest BCUT2D eigenvalue weighted by Gasteiger charge is -2.03. The van der Waals surface area contributed by atoms with Gasteiger partial charge < -0.3 is 4.57 Å². The van der Waals surface area contributed by atoms with E-state index in [9.17, 15) is 14.9 Å². The van der Waals surface area contributed by atoms with Crippen molar-refractivity contribution in [2.75, 3.05) is 5.32 Å². The Balaban J connectivity index is 1.61. The highest BCUT2D eigenvalue weighted by molar-refractivity contribution is 5.89. The fraction of sp³-hybridized carbons (Fsp3) is 0.0588. The van der Waals surface area contributed by atoms with Gasteiger partial charge in [0.25, 0.3) is 5.69 Å². The number of anilines is 1. The molecule has 1 N–H and O–H groups in total. The first kappa shape index (κ1) is 16.4. The fourth-order valence-electron chi connectivity index (χ4n) is 2.68. The van der Waals surface area contributed by atoms with Gasteiger partial charge in [-0.2, -0.15) is 4.98 Å². The van der Waals surface area contributed by atoms with E-state index in [0.717, 1.165) is 0 Å². The predicted octanol–water partition coefficient (Wildman–Crippen LogP) is 2.14. The van der Waals surface area contributed by atoms with Crippen LogP contribution in [0, 0.1) is 10.1 Å². The number of nitro benzene ring substituents is 1. The smallest absolute Gasteiger partial charge is 0.277 e. The minimum absolute atomic E-state index is 0.00539. The normalized spacial score (nSPS) is 10.8. The third-order valence-electron chi connectivity index (χ3n) is 3.88. The molecule has 10 heteroatoms. The molecule has 0 radical (unpaired) electrons. The van der Waals surface area contributed by atoms with Crippen molar-refractivity contribution in [1.29, 1.82) is 0 Å². The molecule has 0 saturated heterocycles. The van der Waals surface area contributed by atoms with Crippen LogP contribution in [0.15, 0.2) is 61.3 Å². The molecule has 0 bridgehead atoms. The molecule has 3 heterocycles. The number of nitro groups is 1. The molecule has 0 fully saturated rings. The lowest BCUT2D eigenvalue weighted by molar-refractivity contribution is -0.384. The highest BCUT2D eigenvalue weighted by atomic mass is 16.6. The molecule has 0 spiro atoms. The number of benzene rings is 1. The maximum atomic E-state index is 12.0. The van der Waals surface area contributed by atoms with Gasteiger partial charge >= 0.3 is 0 Å². The predicted molar refractivity (Wildman–Crippen MR) is 95.9 cm³/mol. The summed E-state index contributed by atoms with van der Waals surface area (Å²) < 4.78 is 3.09. The monoisotopic (exact) mass is 363 g/mol. The lowest BCUT2D eigenvalue weighted by Crippen LogP contribution is -2.18. The van der Waals surface area contributed by atoms with Crippen LogP contribution in [0.3, 0.4) is 0 Å². The van der Waals surface area contributed by atoms with Crippen molar-refractivity contribution in [1.82, 2.24) is 24.1 Å². The van der Waals surface area contributed by atoms with Crippen LogP contribution in [-0.4, -0.2) is 35.0 Å². The van der Waals surface area contributed by atoms with Crippen LogP contribution in [0.4, 0.5) is 11.6 Å². The van der Waals surface area contributed by atoms with Gasteiger partial charge in [-0.25, -0.2) is 9.50 Å². The van der Waals surface area contributed by atoms with Crippen LogP contribution in [0.25, 0.3) is 16.8 Å². The SMILES string of the molecule is O=C(Cn1ccnc1)Nc1nc2ccc(-c3ccccc3[N+](=O)[O-])cn2n1. The Bertz CT molecular complexity index is 1130. The number of rotatable bonds is 5. The topological polar surface area (TPSA) is 120 Å². The van der Waals surface area contributed by atoms with Gasteiger partial charge in [0.05, 0.1) is 16.8 Å². The number of carbonyl (C=O) groups is 1. The summed E-state index contributed by atoms with van der Waals surface area (Å²) in [5.74, 6) is -0.136. The molecule has 0 atom stereocenters. The van der Waals surface area contributed by atoms with E-state index in [4.69, 9.17) is 0 Å². The number of amides is 1. The molecule has 134 valence electrons. The van der Waals surface area contributed by atoms with Gasteiger partial charge in [0.1, 0.15) is 6.54 Å². The molecular weight excluding hydrogens is 350 g/mol. The molecule has 27 heavy (non-hydrogen) atoms. The molecule has 0 saturated carbocycles. The molecule has 0 aliphatic carbocycles. The molecule has 4 aromatic rings. The maximum Gasteiger partial charge on any atom is 0.277 e. The Hall–Kier alpha value is -4.08. The van der Waals surface area contributed by atoms with Gasteiger partial charge in [-0.15, -0.1) is 5.10 Å². The highest BCUT2D eigenvalue weighted by Crippen LogP contribution is 2.29. The Morgan fingerprint density at radius 2 is 2.07 bits per heavy atom. The molecule has 3 aromatic heterocycles. The summed E-state index contributed by atoms with van der Waals surface area (Å²) in [6.45, 7) is 0.0943. The molecule has 4 rings (SSSR count). The summed E-state index contributed by atoms with van der Waals surface area (Å²) >= 11 is 0. The van der Waals surface area contributed by atoms with E-state index in [2.05, 4.69) is 20.4 Å². The van der Waals surface area contributed by atoms with Crippen LogP contribution < -0.4 is 5.32 Å². The number of pyridine rings is 1. The zero-order valence-electron chi connectivity index (χ0n) is 13.9. The first-order chi connectivity index (χ1) is 13.1. The summed E-state index contributed by atoms with van der Waals surface area (Å²) in [6.07, 6.45) is 6.43. The highest BCUT2D eigenvalue weighted by Gasteiger charge is 2.15. The summed E-state index contributed by atoms with van der Waals surface area (Å²) in [7, 11) is 0. The summed E-state index contributed by atoms with van der Waals surface area (Å²) in [5, 5.41) is 18.1. The van der Waals surface area contributed by atoms with Crippen molar-refractivity contribution in [3.63, 3.8) is 0 Å². The van der Waals surface area contributed by atoms with Crippen LogP contribution >= 0.6 is 0 Å². The standard InChI is InChI=1S/C17H13N7O3/c25-16(10-22-8-7-18-11-22)20-17-19-15-6-5-12(9-23(15)21-17)13-3-1-2-4-14(13)24(26)27/h1-9,11H,10H2,(H,20,21,25). The summed E-state index contributed by atoms with van der Waals surface area (Å²) in [4.78, 5) is 31.0. The lowest BCUT2D eigenvalue weighted by atomic mass is 10.1. The van der Waals surface area contributed by atoms with E-state index in [1.807, 2.05) is 0 Å². The van der Waals surface area contributed by atoms with Crippen LogP contribution in [0.5, 0.6) is 0 Å². The second kappa shape index (κ2) is 6.67. The number of para-hydroxylation sites is 1. The quantitative estimate of drug-likeness (QED) is 0.428. The number of carbonyl (C=O) groups excluding carboxylic acids is 1. The molecule has 1 amide bonds. The number of hydrogen-bond donors (Lipinski definition) is 1. The van der Waals surface area contributed by atoms with E-state index in [-0.39, 0.29) is 24.1 Å². The number of fused-ring (bicyclic) bond motifs is 1. The first-order valence-electron chi connectivity index (χ1n) is 7.96. The van der Waals surface area contributed by atoms with Gasteiger partial charge in [-0.3, -0.25) is 20.2 Å². The molecule has 0 aliphatic rings. The number of imidazole rings is 1. The van der Waals surface area contributed by atoms with Crippen molar-refractivity contribution in [2.45, 2.75) is 6.54 Å². The number of nitrogens with zero attached hydrogens (tertiary/aromatic N) is 6. The Morgan fingerprint density at radius 1 is 1.22 bits per heavy atom. The van der Waals surface area contributed by atoms with Crippen LogP contribution in [-0.2, 0) is 11.3 Å². The fourth-order valence-corrected chi connectivity index (χ4v) is 2.68. The second-order valence-electron chi connectivity index (χ2n) is 5.71. The molecule has 10 nitrogen and oxygen atoms in total. The van der Waals surface area contributed by atoms with Gasteiger partial charge in [0.2, 0.25) is 11.9 Å². The molecule has 1 aromatic carbocycles. The number of hydrogen-bond acceptors (Lipinski definition) is 6. The van der Waals surface area contributed by atoms with Gasteiger partial charge in [-0.1, -0.05) is 12.1 Å². The molecule has 0 aliphatic heterocycles. The van der Waals surface area contributed by atoms with Crippen LogP contribution in [0.1, 0.15) is 0 Å². The van der Waals surface area contributed by atoms with Crippen molar-refractivity contribution in [3.8, 4) is 11.1 Å². The zero-order chi connectivity index (χ0) is 18.8. The van der Waals surface area contributed by atoms with Crippen molar-refractivity contribution < 1.29 is 9.72 Å². The first-order valence-corrected chi connectivity index (χ1v) is 7.96. The van der Waals surface area contributed by atoms with Crippen molar-refractivity contribution in [3.05, 3.63) is 71.4 Å².